The maximum Gasteiger partial charge on any atom is 0.271 e. The number of benzene rings is 1. The second-order valence-corrected chi connectivity index (χ2v) is 10.5. The van der Waals surface area contributed by atoms with Gasteiger partial charge in [0.1, 0.15) is 17.2 Å². The van der Waals surface area contributed by atoms with Crippen LogP contribution in [0.4, 0.5) is 4.39 Å². The van der Waals surface area contributed by atoms with E-state index in [0.29, 0.717) is 29.5 Å². The first kappa shape index (κ1) is 20.4. The van der Waals surface area contributed by atoms with Crippen LogP contribution in [-0.2, 0) is 0 Å². The largest absolute Gasteiger partial charge is 0.346 e. The number of fused-ring (bicyclic) bond motifs is 1. The zero-order valence-corrected chi connectivity index (χ0v) is 18.6. The Balaban J connectivity index is 1.25. The quantitative estimate of drug-likeness (QED) is 0.635. The summed E-state index contributed by atoms with van der Waals surface area (Å²) in [4.78, 5) is 30.8. The summed E-state index contributed by atoms with van der Waals surface area (Å²) in [5, 5.41) is 6.59. The normalized spacial score (nSPS) is 29.9. The SMILES string of the molecule is Cc1ccn2cc(C(=O)NC34CC5CC(CC(NC(=O)c6cccc(F)c6)(C5)C3)C4)nc2c1. The molecule has 2 atom stereocenters. The van der Waals surface area contributed by atoms with E-state index in [4.69, 9.17) is 0 Å². The van der Waals surface area contributed by atoms with Crippen LogP contribution in [0.3, 0.4) is 0 Å². The number of amides is 2. The van der Waals surface area contributed by atoms with E-state index >= 15 is 0 Å². The van der Waals surface area contributed by atoms with Crippen molar-refractivity contribution in [2.24, 2.45) is 11.8 Å². The molecule has 4 aliphatic carbocycles. The van der Waals surface area contributed by atoms with Gasteiger partial charge in [0, 0.05) is 29.0 Å². The molecule has 4 saturated carbocycles. The zero-order valence-electron chi connectivity index (χ0n) is 18.6. The standard InChI is InChI=1S/C26H27FN4O2/c1-16-5-6-31-14-21(28-22(31)7-16)24(33)30-26-12-17-8-18(13-26)11-25(10-17,15-26)29-23(32)19-3-2-4-20(27)9-19/h2-7,9,14,17-18H,8,10-13,15H2,1H3,(H,29,32)(H,30,33). The highest BCUT2D eigenvalue weighted by Crippen LogP contribution is 2.57. The number of nitrogens with one attached hydrogen (secondary N) is 2. The average molecular weight is 447 g/mol. The number of aromatic nitrogens is 2. The van der Waals surface area contributed by atoms with Crippen LogP contribution in [0.1, 0.15) is 64.9 Å². The number of hydrogen-bond acceptors (Lipinski definition) is 3. The molecule has 4 bridgehead atoms. The van der Waals surface area contributed by atoms with E-state index in [0.717, 1.165) is 43.3 Å². The second kappa shape index (κ2) is 7.14. The van der Waals surface area contributed by atoms with Gasteiger partial charge in [0.15, 0.2) is 0 Å². The Morgan fingerprint density at radius 1 is 1.03 bits per heavy atom. The molecule has 0 aliphatic heterocycles. The van der Waals surface area contributed by atoms with E-state index in [1.165, 1.54) is 12.1 Å². The third-order valence-electron chi connectivity index (χ3n) is 7.75. The Labute approximate surface area is 191 Å². The summed E-state index contributed by atoms with van der Waals surface area (Å²) in [5.74, 6) is 0.101. The molecule has 7 heteroatoms. The lowest BCUT2D eigenvalue weighted by atomic mass is 9.49. The molecule has 1 aromatic carbocycles. The number of halogens is 1. The predicted molar refractivity (Wildman–Crippen MR) is 121 cm³/mol. The summed E-state index contributed by atoms with van der Waals surface area (Å²) in [6.45, 7) is 2.00. The van der Waals surface area contributed by atoms with Gasteiger partial charge in [-0.2, -0.15) is 0 Å². The molecule has 2 aromatic heterocycles. The van der Waals surface area contributed by atoms with Crippen molar-refractivity contribution in [1.82, 2.24) is 20.0 Å². The van der Waals surface area contributed by atoms with Gasteiger partial charge in [-0.1, -0.05) is 6.07 Å². The summed E-state index contributed by atoms with van der Waals surface area (Å²) in [6.07, 6.45) is 9.21. The van der Waals surface area contributed by atoms with Gasteiger partial charge in [-0.25, -0.2) is 9.37 Å². The molecule has 170 valence electrons. The van der Waals surface area contributed by atoms with Crippen LogP contribution < -0.4 is 10.6 Å². The number of hydrogen-bond donors (Lipinski definition) is 2. The van der Waals surface area contributed by atoms with Crippen LogP contribution in [0.15, 0.2) is 48.8 Å². The van der Waals surface area contributed by atoms with E-state index in [1.807, 2.05) is 29.7 Å². The molecule has 0 radical (unpaired) electrons. The third kappa shape index (κ3) is 3.59. The summed E-state index contributed by atoms with van der Waals surface area (Å²) >= 11 is 0. The maximum atomic E-state index is 13.7. The van der Waals surface area contributed by atoms with Crippen LogP contribution in [0.5, 0.6) is 0 Å². The minimum Gasteiger partial charge on any atom is -0.346 e. The van der Waals surface area contributed by atoms with Gasteiger partial charge in [-0.3, -0.25) is 9.59 Å². The summed E-state index contributed by atoms with van der Waals surface area (Å²) in [5.41, 5.74) is 1.89. The molecule has 0 saturated heterocycles. The van der Waals surface area contributed by atoms with Crippen molar-refractivity contribution < 1.29 is 14.0 Å². The smallest absolute Gasteiger partial charge is 0.271 e. The van der Waals surface area contributed by atoms with Crippen LogP contribution in [0.2, 0.25) is 0 Å². The van der Waals surface area contributed by atoms with Gasteiger partial charge in [0.25, 0.3) is 11.8 Å². The molecule has 33 heavy (non-hydrogen) atoms. The second-order valence-electron chi connectivity index (χ2n) is 10.5. The van der Waals surface area contributed by atoms with E-state index in [1.54, 1.807) is 18.3 Å². The lowest BCUT2D eigenvalue weighted by molar-refractivity contribution is -0.0448. The minimum absolute atomic E-state index is 0.162. The molecular formula is C26H27FN4O2. The van der Waals surface area contributed by atoms with Crippen LogP contribution >= 0.6 is 0 Å². The molecule has 3 aromatic rings. The first-order valence-electron chi connectivity index (χ1n) is 11.7. The fourth-order valence-corrected chi connectivity index (χ4v) is 7.00. The topological polar surface area (TPSA) is 75.5 Å². The molecule has 2 unspecified atom stereocenters. The Bertz CT molecular complexity index is 1270. The van der Waals surface area contributed by atoms with Crippen molar-refractivity contribution in [2.75, 3.05) is 0 Å². The van der Waals surface area contributed by atoms with E-state index in [2.05, 4.69) is 15.6 Å². The van der Waals surface area contributed by atoms with Crippen LogP contribution in [0, 0.1) is 24.6 Å². The van der Waals surface area contributed by atoms with Gasteiger partial charge in [-0.05, 0) is 93.2 Å². The Kier molecular flexibility index (Phi) is 4.41. The van der Waals surface area contributed by atoms with Crippen molar-refractivity contribution in [2.45, 2.75) is 56.5 Å². The maximum absolute atomic E-state index is 13.7. The third-order valence-corrected chi connectivity index (χ3v) is 7.75. The van der Waals surface area contributed by atoms with Crippen molar-refractivity contribution in [3.8, 4) is 0 Å². The highest BCUT2D eigenvalue weighted by Gasteiger charge is 2.58. The first-order chi connectivity index (χ1) is 15.8. The van der Waals surface area contributed by atoms with E-state index in [9.17, 15) is 14.0 Å². The molecule has 2 heterocycles. The summed E-state index contributed by atoms with van der Waals surface area (Å²) < 4.78 is 15.5. The Morgan fingerprint density at radius 3 is 2.42 bits per heavy atom. The predicted octanol–water partition coefficient (Wildman–Crippen LogP) is 4.03. The number of nitrogens with zero attached hydrogens (tertiary/aromatic N) is 2. The van der Waals surface area contributed by atoms with Crippen molar-refractivity contribution in [1.29, 1.82) is 0 Å². The molecule has 0 spiro atoms. The van der Waals surface area contributed by atoms with Crippen molar-refractivity contribution >= 4 is 17.5 Å². The summed E-state index contributed by atoms with van der Waals surface area (Å²) in [6, 6.07) is 9.76. The average Bonchev–Trinajstić information content (AvgIpc) is 3.15. The Hall–Kier alpha value is -3.22. The van der Waals surface area contributed by atoms with E-state index in [-0.39, 0.29) is 22.9 Å². The van der Waals surface area contributed by atoms with Crippen molar-refractivity contribution in [3.63, 3.8) is 0 Å². The molecule has 2 amide bonds. The molecule has 4 fully saturated rings. The number of carbonyl (C=O) groups excluding carboxylic acids is 2. The number of aryl methyl sites for hydroxylation is 1. The van der Waals surface area contributed by atoms with Gasteiger partial charge in [0.05, 0.1) is 0 Å². The fourth-order valence-electron chi connectivity index (χ4n) is 7.00. The number of imidazole rings is 1. The van der Waals surface area contributed by atoms with Gasteiger partial charge >= 0.3 is 0 Å². The number of pyridine rings is 1. The number of rotatable bonds is 4. The summed E-state index contributed by atoms with van der Waals surface area (Å²) in [7, 11) is 0. The highest BCUT2D eigenvalue weighted by atomic mass is 19.1. The molecule has 4 aliphatic rings. The molecule has 6 nitrogen and oxygen atoms in total. The zero-order chi connectivity index (χ0) is 22.8. The van der Waals surface area contributed by atoms with Gasteiger partial charge in [-0.15, -0.1) is 0 Å². The van der Waals surface area contributed by atoms with Crippen LogP contribution in [0.25, 0.3) is 5.65 Å². The lowest BCUT2D eigenvalue weighted by Crippen LogP contribution is -2.69. The molecular weight excluding hydrogens is 419 g/mol. The van der Waals surface area contributed by atoms with Crippen molar-refractivity contribution in [3.05, 3.63) is 71.4 Å². The first-order valence-corrected chi connectivity index (χ1v) is 11.7. The molecule has 2 N–H and O–H groups in total. The molecule has 7 rings (SSSR count). The van der Waals surface area contributed by atoms with Crippen LogP contribution in [-0.4, -0.2) is 32.3 Å². The van der Waals surface area contributed by atoms with Gasteiger partial charge in [0.2, 0.25) is 0 Å². The minimum atomic E-state index is -0.417. The lowest BCUT2D eigenvalue weighted by Gasteiger charge is -2.62. The monoisotopic (exact) mass is 446 g/mol. The highest BCUT2D eigenvalue weighted by molar-refractivity contribution is 5.95. The van der Waals surface area contributed by atoms with Gasteiger partial charge < -0.3 is 15.0 Å². The number of carbonyl (C=O) groups is 2. The van der Waals surface area contributed by atoms with E-state index < -0.39 is 5.82 Å². The Morgan fingerprint density at radius 2 is 1.73 bits per heavy atom. The fraction of sp³-hybridized carbons (Fsp3) is 0.423.